The van der Waals surface area contributed by atoms with Crippen LogP contribution in [-0.4, -0.2) is 23.1 Å². The summed E-state index contributed by atoms with van der Waals surface area (Å²) in [4.78, 5) is 22.3. The first kappa shape index (κ1) is 21.7. The number of ether oxygens (including phenoxy) is 1. The minimum absolute atomic E-state index is 0.0980. The Bertz CT molecular complexity index is 349. The Morgan fingerprint density at radius 1 is 0.913 bits per heavy atom. The molecule has 0 aliphatic carbocycles. The Kier molecular flexibility index (Phi) is 13.5. The normalized spacial score (nSPS) is 13.9. The maximum atomic E-state index is 11.8. The summed E-state index contributed by atoms with van der Waals surface area (Å²) in [6, 6.07) is 0. The van der Waals surface area contributed by atoms with Crippen molar-refractivity contribution in [3.63, 3.8) is 0 Å². The standard InChI is InChI=1S/C19H34O4/c1-4-7-9-10-11-13-17(16(6-3)12-8-5-2)23-19(22)15-14-18(20)21/h14-17H,4-13H2,1-3H3,(H,20,21). The van der Waals surface area contributed by atoms with Gasteiger partial charge >= 0.3 is 11.9 Å². The van der Waals surface area contributed by atoms with E-state index in [4.69, 9.17) is 9.84 Å². The van der Waals surface area contributed by atoms with E-state index in [0.717, 1.165) is 57.1 Å². The van der Waals surface area contributed by atoms with Gasteiger partial charge in [-0.1, -0.05) is 59.3 Å². The van der Waals surface area contributed by atoms with Crippen LogP contribution in [0.3, 0.4) is 0 Å². The van der Waals surface area contributed by atoms with Crippen molar-refractivity contribution in [1.82, 2.24) is 0 Å². The minimum atomic E-state index is -1.13. The third-order valence-corrected chi connectivity index (χ3v) is 4.20. The van der Waals surface area contributed by atoms with Gasteiger partial charge in [0, 0.05) is 12.2 Å². The molecule has 0 saturated carbocycles. The van der Waals surface area contributed by atoms with Crippen LogP contribution < -0.4 is 0 Å². The number of aliphatic carboxylic acids is 1. The molecule has 4 heteroatoms. The lowest BCUT2D eigenvalue weighted by molar-refractivity contribution is -0.147. The number of esters is 1. The molecule has 0 rings (SSSR count). The topological polar surface area (TPSA) is 63.6 Å². The first-order chi connectivity index (χ1) is 11.0. The highest BCUT2D eigenvalue weighted by molar-refractivity contribution is 5.90. The monoisotopic (exact) mass is 326 g/mol. The Hall–Kier alpha value is -1.32. The molecule has 0 amide bonds. The average Bonchev–Trinajstić information content (AvgIpc) is 2.53. The maximum absolute atomic E-state index is 11.8. The van der Waals surface area contributed by atoms with Crippen LogP contribution in [0.1, 0.15) is 85.0 Å². The van der Waals surface area contributed by atoms with Crippen molar-refractivity contribution < 1.29 is 19.4 Å². The first-order valence-electron chi connectivity index (χ1n) is 9.16. The van der Waals surface area contributed by atoms with Gasteiger partial charge in [0.05, 0.1) is 0 Å². The van der Waals surface area contributed by atoms with E-state index in [0.29, 0.717) is 5.92 Å². The van der Waals surface area contributed by atoms with Crippen LogP contribution in [0.15, 0.2) is 12.2 Å². The Balaban J connectivity index is 4.56. The first-order valence-corrected chi connectivity index (χ1v) is 9.16. The fourth-order valence-corrected chi connectivity index (χ4v) is 2.79. The van der Waals surface area contributed by atoms with Gasteiger partial charge in [-0.3, -0.25) is 0 Å². The molecule has 0 aliphatic heterocycles. The van der Waals surface area contributed by atoms with E-state index in [1.54, 1.807) is 0 Å². The summed E-state index contributed by atoms with van der Waals surface area (Å²) in [6.45, 7) is 6.48. The van der Waals surface area contributed by atoms with E-state index in [9.17, 15) is 9.59 Å². The Labute approximate surface area is 141 Å². The number of carbonyl (C=O) groups is 2. The van der Waals surface area contributed by atoms with Crippen LogP contribution in [-0.2, 0) is 14.3 Å². The predicted octanol–water partition coefficient (Wildman–Crippen LogP) is 5.12. The van der Waals surface area contributed by atoms with E-state index >= 15 is 0 Å². The number of hydrogen-bond acceptors (Lipinski definition) is 3. The second kappa shape index (κ2) is 14.3. The van der Waals surface area contributed by atoms with Crippen molar-refractivity contribution in [3.8, 4) is 0 Å². The van der Waals surface area contributed by atoms with Crippen LogP contribution in [0.25, 0.3) is 0 Å². The third-order valence-electron chi connectivity index (χ3n) is 4.20. The largest absolute Gasteiger partial charge is 0.478 e. The minimum Gasteiger partial charge on any atom is -0.478 e. The lowest BCUT2D eigenvalue weighted by Crippen LogP contribution is -2.26. The molecule has 0 aromatic rings. The van der Waals surface area contributed by atoms with Crippen molar-refractivity contribution in [2.75, 3.05) is 0 Å². The summed E-state index contributed by atoms with van der Waals surface area (Å²) in [7, 11) is 0. The fourth-order valence-electron chi connectivity index (χ4n) is 2.79. The van der Waals surface area contributed by atoms with Crippen LogP contribution in [0, 0.1) is 5.92 Å². The van der Waals surface area contributed by atoms with Crippen molar-refractivity contribution in [2.24, 2.45) is 5.92 Å². The molecule has 4 nitrogen and oxygen atoms in total. The number of carbonyl (C=O) groups excluding carboxylic acids is 1. The Morgan fingerprint density at radius 3 is 2.13 bits per heavy atom. The molecule has 134 valence electrons. The van der Waals surface area contributed by atoms with Gasteiger partial charge in [-0.05, 0) is 31.6 Å². The summed E-state index contributed by atoms with van der Waals surface area (Å²) >= 11 is 0. The van der Waals surface area contributed by atoms with Crippen molar-refractivity contribution in [3.05, 3.63) is 12.2 Å². The molecule has 1 N–H and O–H groups in total. The number of hydrogen-bond donors (Lipinski definition) is 1. The lowest BCUT2D eigenvalue weighted by Gasteiger charge is -2.26. The van der Waals surface area contributed by atoms with E-state index < -0.39 is 11.9 Å². The predicted molar refractivity (Wildman–Crippen MR) is 93.3 cm³/mol. The molecule has 0 aromatic carbocycles. The van der Waals surface area contributed by atoms with Gasteiger partial charge in [0.2, 0.25) is 0 Å². The highest BCUT2D eigenvalue weighted by atomic mass is 16.5. The van der Waals surface area contributed by atoms with Gasteiger partial charge in [0.1, 0.15) is 6.10 Å². The zero-order chi connectivity index (χ0) is 17.5. The maximum Gasteiger partial charge on any atom is 0.331 e. The highest BCUT2D eigenvalue weighted by Gasteiger charge is 2.22. The van der Waals surface area contributed by atoms with Crippen molar-refractivity contribution >= 4 is 11.9 Å². The Morgan fingerprint density at radius 2 is 1.57 bits per heavy atom. The van der Waals surface area contributed by atoms with Gasteiger partial charge in [0.15, 0.2) is 0 Å². The third kappa shape index (κ3) is 11.8. The summed E-state index contributed by atoms with van der Waals surface area (Å²) < 4.78 is 5.57. The van der Waals surface area contributed by atoms with Crippen molar-refractivity contribution in [2.45, 2.75) is 91.1 Å². The van der Waals surface area contributed by atoms with E-state index in [2.05, 4.69) is 20.8 Å². The SMILES string of the molecule is CCCCCCCC(OC(=O)C=CC(=O)O)C(CC)CCCC. The second-order valence-corrected chi connectivity index (χ2v) is 6.16. The molecule has 0 aliphatic rings. The van der Waals surface area contributed by atoms with Crippen LogP contribution in [0.4, 0.5) is 0 Å². The van der Waals surface area contributed by atoms with Gasteiger partial charge in [-0.15, -0.1) is 0 Å². The number of carboxylic acid groups (broad SMARTS) is 1. The summed E-state index contributed by atoms with van der Waals surface area (Å²) in [5.41, 5.74) is 0. The molecule has 0 saturated heterocycles. The summed E-state index contributed by atoms with van der Waals surface area (Å²) in [5.74, 6) is -1.31. The summed E-state index contributed by atoms with van der Waals surface area (Å²) in [5, 5.41) is 8.60. The molecular weight excluding hydrogens is 292 g/mol. The van der Waals surface area contributed by atoms with E-state index in [1.807, 2.05) is 0 Å². The number of carboxylic acids is 1. The van der Waals surface area contributed by atoms with E-state index in [-0.39, 0.29) is 6.10 Å². The van der Waals surface area contributed by atoms with Gasteiger partial charge in [-0.2, -0.15) is 0 Å². The molecule has 0 bridgehead atoms. The molecule has 0 radical (unpaired) electrons. The molecular formula is C19H34O4. The molecule has 2 unspecified atom stereocenters. The van der Waals surface area contributed by atoms with Gasteiger partial charge in [0.25, 0.3) is 0 Å². The quantitative estimate of drug-likeness (QED) is 0.273. The number of rotatable bonds is 14. The van der Waals surface area contributed by atoms with Crippen LogP contribution in [0.5, 0.6) is 0 Å². The zero-order valence-corrected chi connectivity index (χ0v) is 15.1. The molecule has 0 spiro atoms. The van der Waals surface area contributed by atoms with Gasteiger partial charge < -0.3 is 9.84 Å². The molecule has 2 atom stereocenters. The highest BCUT2D eigenvalue weighted by Crippen LogP contribution is 2.24. The smallest absolute Gasteiger partial charge is 0.331 e. The second-order valence-electron chi connectivity index (χ2n) is 6.16. The van der Waals surface area contributed by atoms with Crippen LogP contribution in [0.2, 0.25) is 0 Å². The fraction of sp³-hybridized carbons (Fsp3) is 0.789. The average molecular weight is 326 g/mol. The molecule has 0 fully saturated rings. The van der Waals surface area contributed by atoms with E-state index in [1.165, 1.54) is 19.3 Å². The van der Waals surface area contributed by atoms with Gasteiger partial charge in [-0.25, -0.2) is 9.59 Å². The molecule has 23 heavy (non-hydrogen) atoms. The lowest BCUT2D eigenvalue weighted by atomic mass is 9.90. The van der Waals surface area contributed by atoms with Crippen LogP contribution >= 0.6 is 0 Å². The molecule has 0 aromatic heterocycles. The summed E-state index contributed by atoms with van der Waals surface area (Å²) in [6.07, 6.45) is 12.8. The van der Waals surface area contributed by atoms with Crippen molar-refractivity contribution in [1.29, 1.82) is 0 Å². The number of unbranched alkanes of at least 4 members (excludes halogenated alkanes) is 5. The molecule has 0 heterocycles. The zero-order valence-electron chi connectivity index (χ0n) is 15.1.